The Morgan fingerprint density at radius 3 is 2.93 bits per heavy atom. The molecule has 0 saturated carbocycles. The van der Waals surface area contributed by atoms with E-state index in [1.165, 1.54) is 25.5 Å². The molecule has 3 nitrogen and oxygen atoms in total. The largest absolute Gasteiger partial charge is 0.466 e. The molecule has 1 aromatic carbocycles. The molecule has 0 aliphatic rings. The molecule has 0 fully saturated rings. The van der Waals surface area contributed by atoms with Gasteiger partial charge < -0.3 is 10.1 Å². The summed E-state index contributed by atoms with van der Waals surface area (Å²) in [6.07, 6.45) is 2.48. The maximum Gasteiger partial charge on any atom is 0.331 e. The van der Waals surface area contributed by atoms with Gasteiger partial charge in [-0.3, -0.25) is 0 Å². The van der Waals surface area contributed by atoms with E-state index in [-0.39, 0.29) is 5.69 Å². The Morgan fingerprint density at radius 1 is 1.60 bits per heavy atom. The Hall–Kier alpha value is -1.36. The molecule has 1 rings (SSSR count). The van der Waals surface area contributed by atoms with Crippen LogP contribution in [0.2, 0.25) is 0 Å². The zero-order valence-electron chi connectivity index (χ0n) is 7.96. The number of benzene rings is 1. The zero-order chi connectivity index (χ0) is 11.3. The monoisotopic (exact) mass is 273 g/mol. The van der Waals surface area contributed by atoms with E-state index < -0.39 is 11.8 Å². The topological polar surface area (TPSA) is 38.3 Å². The number of hydrogen-bond acceptors (Lipinski definition) is 3. The number of carbonyl (C=O) groups excluding carboxylic acids is 1. The van der Waals surface area contributed by atoms with E-state index in [0.29, 0.717) is 4.47 Å². The van der Waals surface area contributed by atoms with Gasteiger partial charge in [0.05, 0.1) is 12.8 Å². The molecule has 80 valence electrons. The predicted molar refractivity (Wildman–Crippen MR) is 58.9 cm³/mol. The maximum absolute atomic E-state index is 13.2. The van der Waals surface area contributed by atoms with Crippen molar-refractivity contribution in [3.8, 4) is 0 Å². The maximum atomic E-state index is 13.2. The molecule has 5 heteroatoms. The van der Waals surface area contributed by atoms with Crippen LogP contribution in [0.3, 0.4) is 0 Å². The molecule has 0 radical (unpaired) electrons. The van der Waals surface area contributed by atoms with Crippen LogP contribution >= 0.6 is 15.9 Å². The van der Waals surface area contributed by atoms with Crippen molar-refractivity contribution in [1.82, 2.24) is 0 Å². The summed E-state index contributed by atoms with van der Waals surface area (Å²) in [6.45, 7) is 0. The summed E-state index contributed by atoms with van der Waals surface area (Å²) < 4.78 is 18.2. The van der Waals surface area contributed by atoms with Gasteiger partial charge in [0, 0.05) is 16.7 Å². The molecule has 1 N–H and O–H groups in total. The molecule has 0 aromatic heterocycles. The first kappa shape index (κ1) is 11.7. The van der Waals surface area contributed by atoms with Gasteiger partial charge in [-0.1, -0.05) is 6.07 Å². The molecular weight excluding hydrogens is 265 g/mol. The highest BCUT2D eigenvalue weighted by molar-refractivity contribution is 9.10. The Morgan fingerprint density at radius 2 is 2.33 bits per heavy atom. The summed E-state index contributed by atoms with van der Waals surface area (Å²) in [5, 5.41) is 2.64. The van der Waals surface area contributed by atoms with E-state index in [1.54, 1.807) is 12.1 Å². The lowest BCUT2D eigenvalue weighted by atomic mass is 10.3. The minimum atomic E-state index is -0.505. The number of rotatable bonds is 3. The van der Waals surface area contributed by atoms with Gasteiger partial charge >= 0.3 is 5.97 Å². The first-order chi connectivity index (χ1) is 7.15. The third kappa shape index (κ3) is 3.36. The van der Waals surface area contributed by atoms with Crippen LogP contribution in [0.25, 0.3) is 0 Å². The fourth-order valence-electron chi connectivity index (χ4n) is 0.897. The van der Waals surface area contributed by atoms with E-state index in [2.05, 4.69) is 26.0 Å². The molecule has 0 aliphatic heterocycles. The van der Waals surface area contributed by atoms with E-state index in [4.69, 9.17) is 0 Å². The SMILES string of the molecule is COC(=O)/C=C/Nc1c(F)cccc1Br. The molecule has 0 unspecified atom stereocenters. The highest BCUT2D eigenvalue weighted by Gasteiger charge is 2.03. The molecule has 0 heterocycles. The van der Waals surface area contributed by atoms with Crippen molar-refractivity contribution < 1.29 is 13.9 Å². The molecule has 1 aromatic rings. The first-order valence-electron chi connectivity index (χ1n) is 4.10. The van der Waals surface area contributed by atoms with E-state index in [0.717, 1.165) is 0 Å². The molecule has 0 spiro atoms. The average Bonchev–Trinajstić information content (AvgIpc) is 2.22. The minimum absolute atomic E-state index is 0.276. The van der Waals surface area contributed by atoms with E-state index in [1.807, 2.05) is 0 Å². The average molecular weight is 274 g/mol. The molecule has 0 bridgehead atoms. The zero-order valence-corrected chi connectivity index (χ0v) is 9.55. The summed E-state index contributed by atoms with van der Waals surface area (Å²) in [4.78, 5) is 10.7. The molecule has 0 atom stereocenters. The van der Waals surface area contributed by atoms with Gasteiger partial charge in [-0.2, -0.15) is 0 Å². The summed E-state index contributed by atoms with van der Waals surface area (Å²) in [7, 11) is 1.27. The van der Waals surface area contributed by atoms with Gasteiger partial charge in [0.25, 0.3) is 0 Å². The van der Waals surface area contributed by atoms with Gasteiger partial charge in [-0.25, -0.2) is 9.18 Å². The number of nitrogens with one attached hydrogen (secondary N) is 1. The van der Waals surface area contributed by atoms with E-state index >= 15 is 0 Å². The van der Waals surface area contributed by atoms with Gasteiger partial charge in [-0.05, 0) is 28.1 Å². The molecule has 15 heavy (non-hydrogen) atoms. The predicted octanol–water partition coefficient (Wildman–Crippen LogP) is 2.69. The van der Waals surface area contributed by atoms with Crippen LogP contribution in [-0.4, -0.2) is 13.1 Å². The lowest BCUT2D eigenvalue weighted by Gasteiger charge is -2.04. The number of ether oxygens (including phenoxy) is 1. The number of halogens is 2. The van der Waals surface area contributed by atoms with Crippen LogP contribution < -0.4 is 5.32 Å². The van der Waals surface area contributed by atoms with Crippen molar-refractivity contribution in [2.75, 3.05) is 12.4 Å². The lowest BCUT2D eigenvalue weighted by Crippen LogP contribution is -1.98. The smallest absolute Gasteiger partial charge is 0.331 e. The number of anilines is 1. The quantitative estimate of drug-likeness (QED) is 0.680. The fraction of sp³-hybridized carbons (Fsp3) is 0.100. The summed E-state index contributed by atoms with van der Waals surface area (Å²) in [5.41, 5.74) is 0.276. The molecule has 0 amide bonds. The van der Waals surface area contributed by atoms with Crippen LogP contribution in [0.15, 0.2) is 34.9 Å². The van der Waals surface area contributed by atoms with Crippen molar-refractivity contribution in [3.05, 3.63) is 40.8 Å². The van der Waals surface area contributed by atoms with Crippen molar-refractivity contribution in [1.29, 1.82) is 0 Å². The van der Waals surface area contributed by atoms with Crippen LogP contribution in [-0.2, 0) is 9.53 Å². The number of esters is 1. The second kappa shape index (κ2) is 5.50. The van der Waals surface area contributed by atoms with Crippen LogP contribution in [0.1, 0.15) is 0 Å². The third-order valence-electron chi connectivity index (χ3n) is 1.61. The van der Waals surface area contributed by atoms with Crippen molar-refractivity contribution in [2.24, 2.45) is 0 Å². The number of carbonyl (C=O) groups is 1. The van der Waals surface area contributed by atoms with Crippen molar-refractivity contribution in [2.45, 2.75) is 0 Å². The fourth-order valence-corrected chi connectivity index (χ4v) is 1.35. The highest BCUT2D eigenvalue weighted by Crippen LogP contribution is 2.24. The lowest BCUT2D eigenvalue weighted by molar-refractivity contribution is -0.134. The number of methoxy groups -OCH3 is 1. The number of para-hydroxylation sites is 1. The second-order valence-electron chi connectivity index (χ2n) is 2.60. The number of hydrogen-bond donors (Lipinski definition) is 1. The Bertz CT molecular complexity index is 373. The first-order valence-corrected chi connectivity index (χ1v) is 4.89. The standard InChI is InChI=1S/C10H9BrFNO2/c1-15-9(14)5-6-13-10-7(11)3-2-4-8(10)12/h2-6,13H,1H3/b6-5+. The second-order valence-corrected chi connectivity index (χ2v) is 3.45. The summed E-state index contributed by atoms with van der Waals surface area (Å²) >= 11 is 3.18. The molecule has 0 saturated heterocycles. The van der Waals surface area contributed by atoms with Gasteiger partial charge in [-0.15, -0.1) is 0 Å². The summed E-state index contributed by atoms with van der Waals surface area (Å²) in [5.74, 6) is -0.908. The van der Waals surface area contributed by atoms with Gasteiger partial charge in [0.1, 0.15) is 5.82 Å². The molecular formula is C10H9BrFNO2. The third-order valence-corrected chi connectivity index (χ3v) is 2.27. The van der Waals surface area contributed by atoms with Crippen LogP contribution in [0.4, 0.5) is 10.1 Å². The van der Waals surface area contributed by atoms with Gasteiger partial charge in [0.2, 0.25) is 0 Å². The normalized spacial score (nSPS) is 10.3. The Kier molecular flexibility index (Phi) is 4.30. The van der Waals surface area contributed by atoms with Crippen molar-refractivity contribution >= 4 is 27.6 Å². The Labute approximate surface area is 95.1 Å². The summed E-state index contributed by atoms with van der Waals surface area (Å²) in [6, 6.07) is 4.59. The Balaban J connectivity index is 2.73. The minimum Gasteiger partial charge on any atom is -0.466 e. The van der Waals surface area contributed by atoms with Gasteiger partial charge in [0.15, 0.2) is 0 Å². The van der Waals surface area contributed by atoms with Crippen LogP contribution in [0.5, 0.6) is 0 Å². The highest BCUT2D eigenvalue weighted by atomic mass is 79.9. The van der Waals surface area contributed by atoms with Crippen LogP contribution in [0, 0.1) is 5.82 Å². The molecule has 0 aliphatic carbocycles. The van der Waals surface area contributed by atoms with Crippen molar-refractivity contribution in [3.63, 3.8) is 0 Å². The van der Waals surface area contributed by atoms with E-state index in [9.17, 15) is 9.18 Å².